The lowest BCUT2D eigenvalue weighted by molar-refractivity contribution is -0.107. The summed E-state index contributed by atoms with van der Waals surface area (Å²) in [6.07, 6.45) is 0.972. The van der Waals surface area contributed by atoms with E-state index >= 15 is 0 Å². The summed E-state index contributed by atoms with van der Waals surface area (Å²) < 4.78 is 5.08. The summed E-state index contributed by atoms with van der Waals surface area (Å²) in [4.78, 5) is 10.1. The fourth-order valence-electron chi connectivity index (χ4n) is 0.966. The van der Waals surface area contributed by atoms with Gasteiger partial charge in [-0.2, -0.15) is 0 Å². The van der Waals surface area contributed by atoms with Gasteiger partial charge in [0.1, 0.15) is 12.0 Å². The number of ether oxygens (including phenoxy) is 1. The van der Waals surface area contributed by atoms with Gasteiger partial charge in [0.2, 0.25) is 0 Å². The van der Waals surface area contributed by atoms with Gasteiger partial charge < -0.3 is 9.53 Å². The van der Waals surface area contributed by atoms with Crippen molar-refractivity contribution in [3.8, 4) is 17.6 Å². The zero-order valence-corrected chi connectivity index (χ0v) is 8.47. The molecule has 0 radical (unpaired) electrons. The molecule has 2 nitrogen and oxygen atoms in total. The molecule has 0 aliphatic carbocycles. The number of methoxy groups -OCH3 is 1. The molecule has 1 rings (SSSR count). The van der Waals surface area contributed by atoms with E-state index < -0.39 is 0 Å². The first-order chi connectivity index (χ1) is 6.77. The quantitative estimate of drug-likeness (QED) is 0.551. The molecular formula is C11H9ClO2. The molecule has 0 heterocycles. The molecule has 0 N–H and O–H groups in total. The van der Waals surface area contributed by atoms with Gasteiger partial charge in [-0.05, 0) is 18.2 Å². The van der Waals surface area contributed by atoms with Crippen LogP contribution in [0.25, 0.3) is 0 Å². The third-order valence-corrected chi connectivity index (χ3v) is 1.81. The number of aldehydes is 1. The van der Waals surface area contributed by atoms with Crippen molar-refractivity contribution in [1.82, 2.24) is 0 Å². The number of halogens is 1. The number of hydrogen-bond acceptors (Lipinski definition) is 2. The summed E-state index contributed by atoms with van der Waals surface area (Å²) in [6, 6.07) is 5.18. The van der Waals surface area contributed by atoms with E-state index in [0.29, 0.717) is 16.3 Å². The molecule has 3 heteroatoms. The van der Waals surface area contributed by atoms with E-state index in [9.17, 15) is 4.79 Å². The number of carbonyl (C=O) groups is 1. The molecule has 0 saturated carbocycles. The molecule has 0 amide bonds. The summed E-state index contributed by atoms with van der Waals surface area (Å²) in [7, 11) is 1.56. The SMILES string of the molecule is COc1ccc(Cl)cc1C#CCC=O. The molecule has 0 unspecified atom stereocenters. The predicted octanol–water partition coefficient (Wildman–Crippen LogP) is 2.29. The van der Waals surface area contributed by atoms with E-state index in [2.05, 4.69) is 11.8 Å². The highest BCUT2D eigenvalue weighted by atomic mass is 35.5. The Morgan fingerprint density at radius 3 is 3.00 bits per heavy atom. The van der Waals surface area contributed by atoms with Crippen molar-refractivity contribution in [1.29, 1.82) is 0 Å². The topological polar surface area (TPSA) is 26.3 Å². The Hall–Kier alpha value is -1.46. The highest BCUT2D eigenvalue weighted by Crippen LogP contribution is 2.21. The van der Waals surface area contributed by atoms with Crippen molar-refractivity contribution in [2.75, 3.05) is 7.11 Å². The zero-order chi connectivity index (χ0) is 10.4. The van der Waals surface area contributed by atoms with Crippen LogP contribution in [0, 0.1) is 11.8 Å². The van der Waals surface area contributed by atoms with E-state index in [1.807, 2.05) is 0 Å². The number of rotatable bonds is 2. The monoisotopic (exact) mass is 208 g/mol. The smallest absolute Gasteiger partial charge is 0.134 e. The molecule has 0 aliphatic heterocycles. The Bertz CT molecular complexity index is 388. The molecule has 72 valence electrons. The Morgan fingerprint density at radius 1 is 1.57 bits per heavy atom. The molecule has 1 aromatic carbocycles. The summed E-state index contributed by atoms with van der Waals surface area (Å²) in [5, 5.41) is 0.598. The lowest BCUT2D eigenvalue weighted by Gasteiger charge is -2.02. The average Bonchev–Trinajstić information content (AvgIpc) is 2.19. The fraction of sp³-hybridized carbons (Fsp3) is 0.182. The first-order valence-electron chi connectivity index (χ1n) is 4.04. The van der Waals surface area contributed by atoms with Crippen molar-refractivity contribution < 1.29 is 9.53 Å². The Kier molecular flexibility index (Phi) is 4.03. The summed E-state index contributed by atoms with van der Waals surface area (Å²) in [5.74, 6) is 6.17. The largest absolute Gasteiger partial charge is 0.495 e. The molecule has 0 atom stereocenters. The third kappa shape index (κ3) is 2.79. The highest BCUT2D eigenvalue weighted by Gasteiger charge is 1.99. The molecule has 0 spiro atoms. The number of carbonyl (C=O) groups excluding carboxylic acids is 1. The Morgan fingerprint density at radius 2 is 2.36 bits per heavy atom. The summed E-state index contributed by atoms with van der Waals surface area (Å²) >= 11 is 5.79. The second kappa shape index (κ2) is 5.31. The van der Waals surface area contributed by atoms with Crippen LogP contribution in [0.2, 0.25) is 5.02 Å². The molecule has 0 saturated heterocycles. The van der Waals surface area contributed by atoms with Gasteiger partial charge in [-0.25, -0.2) is 0 Å². The van der Waals surface area contributed by atoms with E-state index in [0.717, 1.165) is 6.29 Å². The molecular weight excluding hydrogens is 200 g/mol. The van der Waals surface area contributed by atoms with E-state index in [1.54, 1.807) is 25.3 Å². The summed E-state index contributed by atoms with van der Waals surface area (Å²) in [6.45, 7) is 0. The molecule has 0 aliphatic rings. The maximum absolute atomic E-state index is 10.1. The van der Waals surface area contributed by atoms with Gasteiger partial charge in [0.15, 0.2) is 0 Å². The Balaban J connectivity index is 3.00. The molecule has 1 aromatic rings. The van der Waals surface area contributed by atoms with Crippen LogP contribution in [-0.4, -0.2) is 13.4 Å². The first kappa shape index (κ1) is 10.6. The maximum Gasteiger partial charge on any atom is 0.134 e. The minimum atomic E-state index is 0.218. The molecule has 0 aromatic heterocycles. The van der Waals surface area contributed by atoms with Crippen molar-refractivity contribution in [3.05, 3.63) is 28.8 Å². The van der Waals surface area contributed by atoms with Crippen LogP contribution in [0.3, 0.4) is 0 Å². The van der Waals surface area contributed by atoms with Gasteiger partial charge in [0.25, 0.3) is 0 Å². The zero-order valence-electron chi connectivity index (χ0n) is 7.71. The molecule has 14 heavy (non-hydrogen) atoms. The normalized spacial score (nSPS) is 8.71. The average molecular weight is 209 g/mol. The van der Waals surface area contributed by atoms with E-state index in [4.69, 9.17) is 16.3 Å². The lowest BCUT2D eigenvalue weighted by Crippen LogP contribution is -1.87. The Labute approximate surface area is 87.8 Å². The minimum Gasteiger partial charge on any atom is -0.495 e. The number of hydrogen-bond donors (Lipinski definition) is 0. The fourth-order valence-corrected chi connectivity index (χ4v) is 1.14. The second-order valence-electron chi connectivity index (χ2n) is 2.52. The van der Waals surface area contributed by atoms with Crippen molar-refractivity contribution >= 4 is 17.9 Å². The molecule has 0 bridgehead atoms. The third-order valence-electron chi connectivity index (χ3n) is 1.57. The predicted molar refractivity (Wildman–Crippen MR) is 55.6 cm³/mol. The van der Waals surface area contributed by atoms with Crippen LogP contribution in [0.4, 0.5) is 0 Å². The highest BCUT2D eigenvalue weighted by molar-refractivity contribution is 6.30. The van der Waals surface area contributed by atoms with Crippen LogP contribution >= 0.6 is 11.6 Å². The van der Waals surface area contributed by atoms with Gasteiger partial charge >= 0.3 is 0 Å². The van der Waals surface area contributed by atoms with Crippen LogP contribution in [0.15, 0.2) is 18.2 Å². The van der Waals surface area contributed by atoms with Crippen molar-refractivity contribution in [3.63, 3.8) is 0 Å². The van der Waals surface area contributed by atoms with Gasteiger partial charge in [0.05, 0.1) is 19.1 Å². The van der Waals surface area contributed by atoms with Crippen LogP contribution < -0.4 is 4.74 Å². The lowest BCUT2D eigenvalue weighted by atomic mass is 10.2. The second-order valence-corrected chi connectivity index (χ2v) is 2.95. The van der Waals surface area contributed by atoms with Gasteiger partial charge in [-0.1, -0.05) is 23.4 Å². The van der Waals surface area contributed by atoms with Crippen LogP contribution in [-0.2, 0) is 4.79 Å². The minimum absolute atomic E-state index is 0.218. The maximum atomic E-state index is 10.1. The van der Waals surface area contributed by atoms with Gasteiger partial charge in [-0.15, -0.1) is 0 Å². The standard InChI is InChI=1S/C11H9ClO2/c1-14-11-6-5-10(12)8-9(11)4-2-3-7-13/h5-8H,3H2,1H3. The number of benzene rings is 1. The van der Waals surface area contributed by atoms with Crippen molar-refractivity contribution in [2.24, 2.45) is 0 Å². The first-order valence-corrected chi connectivity index (χ1v) is 4.41. The molecule has 0 fully saturated rings. The van der Waals surface area contributed by atoms with E-state index in [-0.39, 0.29) is 6.42 Å². The van der Waals surface area contributed by atoms with Crippen molar-refractivity contribution in [2.45, 2.75) is 6.42 Å². The van der Waals surface area contributed by atoms with Gasteiger partial charge in [-0.3, -0.25) is 0 Å². The van der Waals surface area contributed by atoms with Crippen LogP contribution in [0.1, 0.15) is 12.0 Å². The van der Waals surface area contributed by atoms with Gasteiger partial charge in [0, 0.05) is 5.02 Å². The van der Waals surface area contributed by atoms with Crippen LogP contribution in [0.5, 0.6) is 5.75 Å². The van der Waals surface area contributed by atoms with E-state index in [1.165, 1.54) is 0 Å². The summed E-state index contributed by atoms with van der Waals surface area (Å²) in [5.41, 5.74) is 0.696.